The monoisotopic (exact) mass is 712 g/mol. The van der Waals surface area contributed by atoms with Crippen LogP contribution in [0.15, 0.2) is 0 Å². The number of carbonyl (C=O) groups is 2. The third-order valence-corrected chi connectivity index (χ3v) is 9.73. The number of ether oxygens (including phenoxy) is 2. The first-order valence-electron chi connectivity index (χ1n) is 18.3. The Morgan fingerprint density at radius 2 is 0.979 bits per heavy atom. The normalized spacial score (nSPS) is 24.6. The van der Waals surface area contributed by atoms with Crippen molar-refractivity contribution >= 4 is 19.8 Å². The Morgan fingerprint density at radius 1 is 0.604 bits per heavy atom. The van der Waals surface area contributed by atoms with Gasteiger partial charge in [0.2, 0.25) is 0 Å². The maximum atomic E-state index is 12.4. The minimum absolute atomic E-state index is 0.169. The Bertz CT molecular complexity index is 875. The fourth-order valence-corrected chi connectivity index (χ4v) is 6.79. The van der Waals surface area contributed by atoms with E-state index >= 15 is 0 Å². The van der Waals surface area contributed by atoms with Gasteiger partial charge in [-0.25, -0.2) is 4.57 Å². The summed E-state index contributed by atoms with van der Waals surface area (Å²) in [4.78, 5) is 33.7. The Morgan fingerprint density at radius 3 is 1.38 bits per heavy atom. The third kappa shape index (κ3) is 20.5. The molecule has 0 aromatic rings. The molecule has 14 heteroatoms. The van der Waals surface area contributed by atoms with Gasteiger partial charge in [0, 0.05) is 13.3 Å². The molecule has 1 rings (SSSR count). The van der Waals surface area contributed by atoms with Crippen LogP contribution < -0.4 is 0 Å². The van der Waals surface area contributed by atoms with Gasteiger partial charge in [-0.2, -0.15) is 0 Å². The van der Waals surface area contributed by atoms with Gasteiger partial charge in [0.05, 0.1) is 6.61 Å². The van der Waals surface area contributed by atoms with Crippen LogP contribution in [0.25, 0.3) is 0 Å². The number of aliphatic hydroxyl groups is 5. The third-order valence-electron chi connectivity index (χ3n) is 8.75. The molecular formula is C34H65O13P. The summed E-state index contributed by atoms with van der Waals surface area (Å²) in [5.41, 5.74) is 0. The predicted molar refractivity (Wildman–Crippen MR) is 180 cm³/mol. The van der Waals surface area contributed by atoms with E-state index in [1.54, 1.807) is 0 Å². The van der Waals surface area contributed by atoms with E-state index in [0.29, 0.717) is 6.42 Å². The minimum Gasteiger partial charge on any atom is -0.462 e. The highest BCUT2D eigenvalue weighted by molar-refractivity contribution is 7.47. The smallest absolute Gasteiger partial charge is 0.462 e. The van der Waals surface area contributed by atoms with Crippen LogP contribution >= 0.6 is 7.82 Å². The molecule has 48 heavy (non-hydrogen) atoms. The van der Waals surface area contributed by atoms with E-state index in [-0.39, 0.29) is 6.42 Å². The Balaban J connectivity index is 2.11. The molecule has 0 heterocycles. The minimum atomic E-state index is -5.06. The summed E-state index contributed by atoms with van der Waals surface area (Å²) in [6.45, 7) is 2.16. The molecule has 0 aliphatic heterocycles. The van der Waals surface area contributed by atoms with Crippen LogP contribution in [0.1, 0.15) is 149 Å². The quantitative estimate of drug-likeness (QED) is 0.0343. The number of hydrogen-bond acceptors (Lipinski definition) is 12. The lowest BCUT2D eigenvalue weighted by molar-refractivity contribution is -0.220. The molecule has 1 aliphatic carbocycles. The Hall–Kier alpha value is -1.15. The van der Waals surface area contributed by atoms with E-state index < -0.39 is 75.7 Å². The van der Waals surface area contributed by atoms with Crippen LogP contribution in [0.2, 0.25) is 0 Å². The van der Waals surface area contributed by atoms with Gasteiger partial charge in [0.25, 0.3) is 0 Å². The zero-order valence-electron chi connectivity index (χ0n) is 29.3. The second-order valence-corrected chi connectivity index (χ2v) is 14.6. The first-order valence-corrected chi connectivity index (χ1v) is 19.8. The summed E-state index contributed by atoms with van der Waals surface area (Å²) in [7, 11) is -5.06. The van der Waals surface area contributed by atoms with Crippen LogP contribution in [0.3, 0.4) is 0 Å². The zero-order chi connectivity index (χ0) is 35.8. The highest BCUT2D eigenvalue weighted by atomic mass is 31.2. The molecular weight excluding hydrogens is 647 g/mol. The van der Waals surface area contributed by atoms with Crippen molar-refractivity contribution in [3.05, 3.63) is 0 Å². The number of aliphatic hydroxyl groups excluding tert-OH is 5. The zero-order valence-corrected chi connectivity index (χ0v) is 30.2. The standard InChI is InChI=1S/C34H65O13P/c1-3-4-5-6-7-8-9-10-11-12-13-14-15-16-17-18-19-20-21-22-23-28(36)44-24-27(46-26(2)35)25-45-48(42,43)47-34-32(40)30(38)29(37)31(39)33(34)41/h27,29-34,37-41H,3-25H2,1-2H3,(H,42,43)/t27-,29?,30-,31?,32?,33?,34?/m1/s1. The molecule has 0 amide bonds. The van der Waals surface area contributed by atoms with Crippen molar-refractivity contribution in [3.63, 3.8) is 0 Å². The van der Waals surface area contributed by atoms with Gasteiger partial charge in [-0.3, -0.25) is 18.6 Å². The molecule has 0 radical (unpaired) electrons. The lowest BCUT2D eigenvalue weighted by Gasteiger charge is -2.41. The number of rotatable bonds is 29. The first-order chi connectivity index (χ1) is 22.9. The van der Waals surface area contributed by atoms with Crippen molar-refractivity contribution in [1.29, 1.82) is 0 Å². The van der Waals surface area contributed by atoms with E-state index in [2.05, 4.69) is 6.92 Å². The summed E-state index contributed by atoms with van der Waals surface area (Å²) in [5, 5.41) is 49.2. The fraction of sp³-hybridized carbons (Fsp3) is 0.941. The molecule has 0 spiro atoms. The number of esters is 2. The van der Waals surface area contributed by atoms with Gasteiger partial charge in [-0.1, -0.05) is 129 Å². The largest absolute Gasteiger partial charge is 0.472 e. The van der Waals surface area contributed by atoms with Gasteiger partial charge < -0.3 is 39.9 Å². The lowest BCUT2D eigenvalue weighted by atomic mass is 9.85. The molecule has 6 N–H and O–H groups in total. The van der Waals surface area contributed by atoms with Crippen LogP contribution in [0.4, 0.5) is 0 Å². The molecule has 1 saturated carbocycles. The van der Waals surface area contributed by atoms with Gasteiger partial charge in [-0.15, -0.1) is 0 Å². The molecule has 13 nitrogen and oxygen atoms in total. The second-order valence-electron chi connectivity index (χ2n) is 13.2. The van der Waals surface area contributed by atoms with Crippen molar-refractivity contribution in [1.82, 2.24) is 0 Å². The molecule has 0 aromatic carbocycles. The van der Waals surface area contributed by atoms with E-state index in [4.69, 9.17) is 18.5 Å². The molecule has 1 aliphatic rings. The topological polar surface area (TPSA) is 210 Å². The number of phosphoric acid groups is 1. The van der Waals surface area contributed by atoms with Crippen molar-refractivity contribution in [2.24, 2.45) is 0 Å². The van der Waals surface area contributed by atoms with E-state index in [9.17, 15) is 44.6 Å². The van der Waals surface area contributed by atoms with Crippen LogP contribution in [0.5, 0.6) is 0 Å². The molecule has 0 saturated heterocycles. The van der Waals surface area contributed by atoms with Crippen LogP contribution in [-0.2, 0) is 32.7 Å². The molecule has 0 bridgehead atoms. The summed E-state index contributed by atoms with van der Waals surface area (Å²) in [6.07, 6.45) is 12.2. The van der Waals surface area contributed by atoms with Gasteiger partial charge >= 0.3 is 19.8 Å². The summed E-state index contributed by atoms with van der Waals surface area (Å²) in [6, 6.07) is 0. The number of hydrogen-bond donors (Lipinski definition) is 6. The van der Waals surface area contributed by atoms with Gasteiger partial charge in [0.15, 0.2) is 6.10 Å². The van der Waals surface area contributed by atoms with Crippen LogP contribution in [0, 0.1) is 0 Å². The predicted octanol–water partition coefficient (Wildman–Crippen LogP) is 4.99. The average molecular weight is 713 g/mol. The van der Waals surface area contributed by atoms with Gasteiger partial charge in [0.1, 0.15) is 43.2 Å². The highest BCUT2D eigenvalue weighted by Gasteiger charge is 2.51. The fourth-order valence-electron chi connectivity index (χ4n) is 5.82. The Kier molecular flexibility index (Phi) is 24.9. The number of carbonyl (C=O) groups excluding carboxylic acids is 2. The molecule has 8 atom stereocenters. The van der Waals surface area contributed by atoms with E-state index in [1.807, 2.05) is 0 Å². The van der Waals surface area contributed by atoms with Crippen molar-refractivity contribution in [2.45, 2.75) is 191 Å². The summed E-state index contributed by atoms with van der Waals surface area (Å²) < 4.78 is 32.1. The summed E-state index contributed by atoms with van der Waals surface area (Å²) >= 11 is 0. The number of unbranched alkanes of at least 4 members (excludes halogenated alkanes) is 19. The molecule has 0 aromatic heterocycles. The van der Waals surface area contributed by atoms with E-state index in [1.165, 1.54) is 103 Å². The molecule has 1 fully saturated rings. The Labute approximate surface area is 287 Å². The summed E-state index contributed by atoms with van der Waals surface area (Å²) in [5.74, 6) is -1.28. The maximum absolute atomic E-state index is 12.4. The number of phosphoric ester groups is 1. The lowest BCUT2D eigenvalue weighted by Crippen LogP contribution is -2.64. The average Bonchev–Trinajstić information content (AvgIpc) is 3.05. The molecule has 284 valence electrons. The van der Waals surface area contributed by atoms with Crippen molar-refractivity contribution < 1.29 is 63.1 Å². The molecule has 6 unspecified atom stereocenters. The van der Waals surface area contributed by atoms with Gasteiger partial charge in [-0.05, 0) is 6.42 Å². The first kappa shape index (κ1) is 44.9. The van der Waals surface area contributed by atoms with Crippen molar-refractivity contribution in [3.8, 4) is 0 Å². The highest BCUT2D eigenvalue weighted by Crippen LogP contribution is 2.47. The van der Waals surface area contributed by atoms with Crippen LogP contribution in [-0.4, -0.2) is 98.3 Å². The van der Waals surface area contributed by atoms with Crippen molar-refractivity contribution in [2.75, 3.05) is 13.2 Å². The maximum Gasteiger partial charge on any atom is 0.472 e. The SMILES string of the molecule is CCCCCCCCCCCCCCCCCCCCCCC(=O)OC[C@H](COP(=O)(O)OC1C(O)C(O)C(O)[C@@H](O)C1O)OC(C)=O. The van der Waals surface area contributed by atoms with E-state index in [0.717, 1.165) is 26.2 Å². The second kappa shape index (κ2) is 26.6.